The summed E-state index contributed by atoms with van der Waals surface area (Å²) in [7, 11) is 0. The summed E-state index contributed by atoms with van der Waals surface area (Å²) in [5.41, 5.74) is 4.91. The van der Waals surface area contributed by atoms with E-state index >= 15 is 0 Å². The number of rotatable bonds is 0. The van der Waals surface area contributed by atoms with Gasteiger partial charge in [-0.15, -0.1) is 11.8 Å². The van der Waals surface area contributed by atoms with E-state index in [0.29, 0.717) is 0 Å². The normalized spacial score (nSPS) is 13.7. The largest absolute Gasteiger partial charge is 0.247 e. The van der Waals surface area contributed by atoms with Crippen LogP contribution in [0.5, 0.6) is 0 Å². The Balaban J connectivity index is 2.06. The van der Waals surface area contributed by atoms with Crippen LogP contribution < -0.4 is 0 Å². The van der Waals surface area contributed by atoms with E-state index < -0.39 is 0 Å². The Morgan fingerprint density at radius 2 is 1.79 bits per heavy atom. The molecule has 1 aromatic heterocycles. The van der Waals surface area contributed by atoms with Gasteiger partial charge in [-0.25, -0.2) is 4.98 Å². The molecule has 0 N–H and O–H groups in total. The molecule has 19 heavy (non-hydrogen) atoms. The number of aryl methyl sites for hydroxylation is 1. The first kappa shape index (κ1) is 11.1. The summed E-state index contributed by atoms with van der Waals surface area (Å²) in [6, 6.07) is 19.3. The Labute approximate surface area is 116 Å². The fourth-order valence-corrected chi connectivity index (χ4v) is 3.68. The summed E-state index contributed by atoms with van der Waals surface area (Å²) in [4.78, 5) is 6.25. The third-order valence-corrected chi connectivity index (χ3v) is 4.65. The fourth-order valence-electron chi connectivity index (χ4n) is 2.64. The number of para-hydroxylation sites is 1. The van der Waals surface area contributed by atoms with Gasteiger partial charge in [-0.3, -0.25) is 0 Å². The van der Waals surface area contributed by atoms with E-state index in [-0.39, 0.29) is 0 Å². The van der Waals surface area contributed by atoms with E-state index in [0.717, 1.165) is 17.7 Å². The number of aromatic nitrogens is 1. The lowest BCUT2D eigenvalue weighted by Crippen LogP contribution is -1.94. The topological polar surface area (TPSA) is 12.9 Å². The summed E-state index contributed by atoms with van der Waals surface area (Å²) in [6.07, 6.45) is 1.09. The standard InChI is InChI=1S/C17H13NS/c1-3-7-15-12(5-1)11-13-9-10-19-16-8-4-2-6-14(16)17(13)18-15/h1-8,11H,9-10H2. The third kappa shape index (κ3) is 1.83. The number of thioether (sulfide) groups is 1. The van der Waals surface area contributed by atoms with Crippen molar-refractivity contribution in [2.45, 2.75) is 11.3 Å². The van der Waals surface area contributed by atoms with Crippen LogP contribution in [-0.4, -0.2) is 10.7 Å². The van der Waals surface area contributed by atoms with Crippen molar-refractivity contribution in [3.05, 3.63) is 60.2 Å². The Hall–Kier alpha value is -1.80. The van der Waals surface area contributed by atoms with Crippen LogP contribution in [0.1, 0.15) is 5.56 Å². The van der Waals surface area contributed by atoms with Gasteiger partial charge in [0, 0.05) is 21.6 Å². The highest BCUT2D eigenvalue weighted by molar-refractivity contribution is 7.99. The first-order valence-electron chi connectivity index (χ1n) is 6.53. The molecule has 0 unspecified atom stereocenters. The molecule has 2 heterocycles. The van der Waals surface area contributed by atoms with Crippen molar-refractivity contribution in [2.75, 3.05) is 5.75 Å². The smallest absolute Gasteiger partial charge is 0.0753 e. The molecular weight excluding hydrogens is 250 g/mol. The number of nitrogens with zero attached hydrogens (tertiary/aromatic N) is 1. The summed E-state index contributed by atoms with van der Waals surface area (Å²) < 4.78 is 0. The van der Waals surface area contributed by atoms with Crippen molar-refractivity contribution in [1.29, 1.82) is 0 Å². The van der Waals surface area contributed by atoms with Gasteiger partial charge in [0.05, 0.1) is 11.2 Å². The maximum atomic E-state index is 4.90. The van der Waals surface area contributed by atoms with Crippen LogP contribution in [0.2, 0.25) is 0 Å². The molecule has 0 saturated carbocycles. The molecular formula is C17H13NS. The van der Waals surface area contributed by atoms with E-state index in [1.54, 1.807) is 0 Å². The highest BCUT2D eigenvalue weighted by Crippen LogP contribution is 2.37. The molecule has 92 valence electrons. The molecule has 1 aliphatic heterocycles. The van der Waals surface area contributed by atoms with Crippen LogP contribution in [0, 0.1) is 0 Å². The van der Waals surface area contributed by atoms with Crippen molar-refractivity contribution in [3.8, 4) is 11.3 Å². The van der Waals surface area contributed by atoms with Crippen molar-refractivity contribution in [1.82, 2.24) is 4.98 Å². The van der Waals surface area contributed by atoms with Gasteiger partial charge in [-0.05, 0) is 30.2 Å². The Bertz CT molecular complexity index is 764. The second kappa shape index (κ2) is 4.39. The highest BCUT2D eigenvalue weighted by Gasteiger charge is 2.16. The van der Waals surface area contributed by atoms with Crippen LogP contribution in [0.4, 0.5) is 0 Å². The minimum Gasteiger partial charge on any atom is -0.247 e. The first-order valence-corrected chi connectivity index (χ1v) is 7.51. The molecule has 0 fully saturated rings. The molecule has 4 rings (SSSR count). The summed E-state index contributed by atoms with van der Waals surface area (Å²) in [5.74, 6) is 1.13. The summed E-state index contributed by atoms with van der Waals surface area (Å²) in [5, 5.41) is 1.24. The maximum Gasteiger partial charge on any atom is 0.0753 e. The molecule has 0 spiro atoms. The van der Waals surface area contributed by atoms with E-state index in [9.17, 15) is 0 Å². The summed E-state index contributed by atoms with van der Waals surface area (Å²) >= 11 is 1.93. The van der Waals surface area contributed by atoms with Gasteiger partial charge < -0.3 is 0 Å². The maximum absolute atomic E-state index is 4.90. The minimum absolute atomic E-state index is 1.09. The molecule has 0 atom stereocenters. The van der Waals surface area contributed by atoms with Crippen molar-refractivity contribution < 1.29 is 0 Å². The second-order valence-electron chi connectivity index (χ2n) is 4.78. The molecule has 1 aliphatic rings. The van der Waals surface area contributed by atoms with Crippen LogP contribution >= 0.6 is 11.8 Å². The van der Waals surface area contributed by atoms with Crippen molar-refractivity contribution >= 4 is 22.7 Å². The van der Waals surface area contributed by atoms with Crippen molar-refractivity contribution in [3.63, 3.8) is 0 Å². The van der Waals surface area contributed by atoms with E-state index in [4.69, 9.17) is 4.98 Å². The SMILES string of the molecule is c1ccc2c(c1)SCCc1cc3ccccc3nc1-2. The number of benzene rings is 2. The molecule has 0 amide bonds. The van der Waals surface area contributed by atoms with Crippen LogP contribution in [0.15, 0.2) is 59.5 Å². The van der Waals surface area contributed by atoms with Crippen LogP contribution in [-0.2, 0) is 6.42 Å². The quantitative estimate of drug-likeness (QED) is 0.590. The van der Waals surface area contributed by atoms with Gasteiger partial charge in [-0.1, -0.05) is 36.4 Å². The predicted molar refractivity (Wildman–Crippen MR) is 81.6 cm³/mol. The summed E-state index contributed by atoms with van der Waals surface area (Å²) in [6.45, 7) is 0. The molecule has 0 bridgehead atoms. The number of pyridine rings is 1. The number of fused-ring (bicyclic) bond motifs is 4. The zero-order valence-electron chi connectivity index (χ0n) is 10.5. The predicted octanol–water partition coefficient (Wildman–Crippen LogP) is 4.55. The second-order valence-corrected chi connectivity index (χ2v) is 5.92. The first-order chi connectivity index (χ1) is 9.42. The zero-order valence-corrected chi connectivity index (χ0v) is 11.3. The van der Waals surface area contributed by atoms with Gasteiger partial charge in [-0.2, -0.15) is 0 Å². The Morgan fingerprint density at radius 3 is 2.79 bits per heavy atom. The molecule has 0 aliphatic carbocycles. The monoisotopic (exact) mass is 263 g/mol. The van der Waals surface area contributed by atoms with Gasteiger partial charge >= 0.3 is 0 Å². The molecule has 2 heteroatoms. The lowest BCUT2D eigenvalue weighted by molar-refractivity contribution is 1.15. The molecule has 1 nitrogen and oxygen atoms in total. The van der Waals surface area contributed by atoms with Gasteiger partial charge in [0.1, 0.15) is 0 Å². The fraction of sp³-hybridized carbons (Fsp3) is 0.118. The zero-order chi connectivity index (χ0) is 12.7. The van der Waals surface area contributed by atoms with Gasteiger partial charge in [0.2, 0.25) is 0 Å². The Kier molecular flexibility index (Phi) is 2.56. The number of hydrogen-bond acceptors (Lipinski definition) is 2. The van der Waals surface area contributed by atoms with Crippen LogP contribution in [0.3, 0.4) is 0 Å². The number of hydrogen-bond donors (Lipinski definition) is 0. The lowest BCUT2D eigenvalue weighted by atomic mass is 10.0. The molecule has 2 aromatic carbocycles. The molecule has 0 saturated heterocycles. The molecule has 0 radical (unpaired) electrons. The van der Waals surface area contributed by atoms with E-state index in [2.05, 4.69) is 54.6 Å². The van der Waals surface area contributed by atoms with Crippen LogP contribution in [0.25, 0.3) is 22.2 Å². The average Bonchev–Trinajstić information content (AvgIpc) is 2.64. The minimum atomic E-state index is 1.09. The highest BCUT2D eigenvalue weighted by atomic mass is 32.2. The average molecular weight is 263 g/mol. The van der Waals surface area contributed by atoms with Gasteiger partial charge in [0.15, 0.2) is 0 Å². The lowest BCUT2D eigenvalue weighted by Gasteiger charge is -2.09. The van der Waals surface area contributed by atoms with E-state index in [1.807, 2.05) is 11.8 Å². The molecule has 3 aromatic rings. The van der Waals surface area contributed by atoms with Gasteiger partial charge in [0.25, 0.3) is 0 Å². The van der Waals surface area contributed by atoms with Crippen molar-refractivity contribution in [2.24, 2.45) is 0 Å². The Morgan fingerprint density at radius 1 is 0.947 bits per heavy atom. The van der Waals surface area contributed by atoms with E-state index in [1.165, 1.54) is 27.1 Å². The third-order valence-electron chi connectivity index (χ3n) is 3.57.